The second-order valence-corrected chi connectivity index (χ2v) is 8.34. The number of hydrogen-bond acceptors (Lipinski definition) is 3. The Morgan fingerprint density at radius 2 is 1.78 bits per heavy atom. The largest absolute Gasteiger partial charge is 0.493 e. The molecule has 0 saturated heterocycles. The summed E-state index contributed by atoms with van der Waals surface area (Å²) in [6.45, 7) is 2.88. The van der Waals surface area contributed by atoms with Crippen LogP contribution in [-0.4, -0.2) is 18.7 Å². The first-order chi connectivity index (χ1) is 15.7. The molecule has 1 amide bonds. The highest BCUT2D eigenvalue weighted by atomic mass is 35.5. The molecule has 0 spiro atoms. The van der Waals surface area contributed by atoms with Gasteiger partial charge < -0.3 is 4.74 Å². The zero-order valence-electron chi connectivity index (χ0n) is 18.6. The topological polar surface area (TPSA) is 50.7 Å². The van der Waals surface area contributed by atoms with Gasteiger partial charge in [0.15, 0.2) is 0 Å². The second kappa shape index (κ2) is 12.9. The normalized spacial score (nSPS) is 11.2. The Hall–Kier alpha value is -2.85. The van der Waals surface area contributed by atoms with Gasteiger partial charge in [0.2, 0.25) is 5.91 Å². The van der Waals surface area contributed by atoms with Crippen molar-refractivity contribution < 1.29 is 9.53 Å². The van der Waals surface area contributed by atoms with Crippen molar-refractivity contribution in [2.24, 2.45) is 5.10 Å². The number of carbonyl (C=O) groups is 1. The van der Waals surface area contributed by atoms with E-state index in [0.717, 1.165) is 34.1 Å². The van der Waals surface area contributed by atoms with Gasteiger partial charge in [-0.05, 0) is 41.0 Å². The van der Waals surface area contributed by atoms with Crippen LogP contribution in [0.5, 0.6) is 5.75 Å². The van der Waals surface area contributed by atoms with Crippen molar-refractivity contribution >= 4 is 34.5 Å². The zero-order valence-corrected chi connectivity index (χ0v) is 19.4. The highest BCUT2D eigenvalue weighted by Gasteiger charge is 2.07. The third kappa shape index (κ3) is 7.38. The van der Waals surface area contributed by atoms with Crippen molar-refractivity contribution in [3.8, 4) is 5.75 Å². The van der Waals surface area contributed by atoms with Gasteiger partial charge in [0.05, 0.1) is 19.2 Å². The molecule has 0 aliphatic heterocycles. The van der Waals surface area contributed by atoms with Crippen molar-refractivity contribution in [1.29, 1.82) is 0 Å². The van der Waals surface area contributed by atoms with Gasteiger partial charge in [0.1, 0.15) is 5.75 Å². The van der Waals surface area contributed by atoms with E-state index < -0.39 is 0 Å². The average molecular weight is 451 g/mol. The molecule has 0 aliphatic rings. The van der Waals surface area contributed by atoms with E-state index in [1.165, 1.54) is 32.1 Å². The molecule has 0 atom stereocenters. The maximum Gasteiger partial charge on any atom is 0.244 e. The van der Waals surface area contributed by atoms with Crippen molar-refractivity contribution in [3.63, 3.8) is 0 Å². The SMILES string of the molecule is CCCCCCCCOc1ccc(Cl)cc1/C=N/NC(=O)Cc1cccc2ccccc12. The minimum absolute atomic E-state index is 0.172. The molecular formula is C27H31ClN2O2. The number of nitrogens with zero attached hydrogens (tertiary/aromatic N) is 1. The van der Waals surface area contributed by atoms with Crippen LogP contribution in [0.25, 0.3) is 10.8 Å². The third-order valence-electron chi connectivity index (χ3n) is 5.35. The zero-order chi connectivity index (χ0) is 22.6. The summed E-state index contributed by atoms with van der Waals surface area (Å²) in [5, 5.41) is 6.93. The van der Waals surface area contributed by atoms with Gasteiger partial charge in [-0.1, -0.05) is 93.1 Å². The number of hydrogen-bond donors (Lipinski definition) is 1. The van der Waals surface area contributed by atoms with Gasteiger partial charge >= 0.3 is 0 Å². The molecule has 0 fully saturated rings. The molecule has 1 N–H and O–H groups in total. The summed E-state index contributed by atoms with van der Waals surface area (Å²) in [6, 6.07) is 19.5. The van der Waals surface area contributed by atoms with Crippen LogP contribution in [0.2, 0.25) is 5.02 Å². The van der Waals surface area contributed by atoms with E-state index in [-0.39, 0.29) is 12.3 Å². The Bertz CT molecular complexity index is 1040. The van der Waals surface area contributed by atoms with E-state index in [0.29, 0.717) is 11.6 Å². The minimum Gasteiger partial charge on any atom is -0.493 e. The van der Waals surface area contributed by atoms with E-state index in [1.54, 1.807) is 18.3 Å². The molecule has 0 aromatic heterocycles. The lowest BCUT2D eigenvalue weighted by molar-refractivity contribution is -0.120. The predicted octanol–water partition coefficient (Wildman–Crippen LogP) is 6.93. The van der Waals surface area contributed by atoms with Crippen LogP contribution in [-0.2, 0) is 11.2 Å². The highest BCUT2D eigenvalue weighted by molar-refractivity contribution is 6.30. The quantitative estimate of drug-likeness (QED) is 0.185. The fraction of sp³-hybridized carbons (Fsp3) is 0.333. The second-order valence-electron chi connectivity index (χ2n) is 7.91. The molecule has 3 aromatic carbocycles. The molecule has 0 heterocycles. The summed E-state index contributed by atoms with van der Waals surface area (Å²) in [4.78, 5) is 12.4. The highest BCUT2D eigenvalue weighted by Crippen LogP contribution is 2.22. The fourth-order valence-electron chi connectivity index (χ4n) is 3.65. The molecule has 32 heavy (non-hydrogen) atoms. The Balaban J connectivity index is 1.54. The Morgan fingerprint density at radius 3 is 2.66 bits per heavy atom. The van der Waals surface area contributed by atoms with E-state index >= 15 is 0 Å². The summed E-state index contributed by atoms with van der Waals surface area (Å²) >= 11 is 6.15. The summed E-state index contributed by atoms with van der Waals surface area (Å²) in [5.74, 6) is 0.546. The van der Waals surface area contributed by atoms with Gasteiger partial charge in [-0.25, -0.2) is 5.43 Å². The van der Waals surface area contributed by atoms with Crippen LogP contribution in [0.1, 0.15) is 56.6 Å². The Kier molecular flexibility index (Phi) is 9.58. The number of halogens is 1. The van der Waals surface area contributed by atoms with Gasteiger partial charge in [-0.15, -0.1) is 0 Å². The number of amides is 1. The lowest BCUT2D eigenvalue weighted by Crippen LogP contribution is -2.20. The monoisotopic (exact) mass is 450 g/mol. The standard InChI is InChI=1S/C27H31ClN2O2/c1-2-3-4-5-6-9-17-32-26-16-15-24(28)18-23(26)20-29-30-27(31)19-22-13-10-12-21-11-7-8-14-25(21)22/h7-8,10-16,18,20H,2-6,9,17,19H2,1H3,(H,30,31)/b29-20+. The molecule has 0 saturated carbocycles. The van der Waals surface area contributed by atoms with Crippen molar-refractivity contribution in [2.75, 3.05) is 6.61 Å². The molecule has 4 nitrogen and oxygen atoms in total. The summed E-state index contributed by atoms with van der Waals surface area (Å²) in [5.41, 5.74) is 4.34. The van der Waals surface area contributed by atoms with Gasteiger partial charge in [-0.3, -0.25) is 4.79 Å². The third-order valence-corrected chi connectivity index (χ3v) is 5.59. The van der Waals surface area contributed by atoms with Crippen LogP contribution in [0.15, 0.2) is 65.8 Å². The smallest absolute Gasteiger partial charge is 0.244 e. The number of hydrazone groups is 1. The Morgan fingerprint density at radius 1 is 1.00 bits per heavy atom. The van der Waals surface area contributed by atoms with E-state index in [2.05, 4.69) is 17.5 Å². The van der Waals surface area contributed by atoms with Crippen LogP contribution in [0.3, 0.4) is 0 Å². The minimum atomic E-state index is -0.172. The lowest BCUT2D eigenvalue weighted by atomic mass is 10.0. The van der Waals surface area contributed by atoms with Gasteiger partial charge in [0, 0.05) is 10.6 Å². The van der Waals surface area contributed by atoms with Crippen molar-refractivity contribution in [2.45, 2.75) is 51.9 Å². The molecule has 5 heteroatoms. The number of rotatable bonds is 12. The first kappa shape index (κ1) is 23.8. The van der Waals surface area contributed by atoms with Crippen LogP contribution < -0.4 is 10.2 Å². The molecular weight excluding hydrogens is 420 g/mol. The maximum absolute atomic E-state index is 12.4. The molecule has 0 aliphatic carbocycles. The summed E-state index contributed by atoms with van der Waals surface area (Å²) in [7, 11) is 0. The van der Waals surface area contributed by atoms with Crippen molar-refractivity contribution in [3.05, 3.63) is 76.8 Å². The first-order valence-electron chi connectivity index (χ1n) is 11.4. The number of unbranched alkanes of at least 4 members (excludes halogenated alkanes) is 5. The lowest BCUT2D eigenvalue weighted by Gasteiger charge is -2.09. The first-order valence-corrected chi connectivity index (χ1v) is 11.8. The molecule has 0 radical (unpaired) electrons. The predicted molar refractivity (Wildman–Crippen MR) is 134 cm³/mol. The van der Waals surface area contributed by atoms with E-state index in [4.69, 9.17) is 16.3 Å². The Labute approximate surface area is 195 Å². The number of ether oxygens (including phenoxy) is 1. The average Bonchev–Trinajstić information content (AvgIpc) is 2.80. The summed E-state index contributed by atoms with van der Waals surface area (Å²) in [6.07, 6.45) is 9.11. The van der Waals surface area contributed by atoms with Gasteiger partial charge in [-0.2, -0.15) is 5.10 Å². The number of fused-ring (bicyclic) bond motifs is 1. The molecule has 3 aromatic rings. The van der Waals surface area contributed by atoms with Crippen LogP contribution in [0.4, 0.5) is 0 Å². The molecule has 0 bridgehead atoms. The fourth-order valence-corrected chi connectivity index (χ4v) is 3.83. The van der Waals surface area contributed by atoms with E-state index in [9.17, 15) is 4.79 Å². The van der Waals surface area contributed by atoms with Gasteiger partial charge in [0.25, 0.3) is 0 Å². The molecule has 168 valence electrons. The molecule has 0 unspecified atom stereocenters. The van der Waals surface area contributed by atoms with Crippen LogP contribution >= 0.6 is 11.6 Å². The maximum atomic E-state index is 12.4. The molecule has 3 rings (SSSR count). The van der Waals surface area contributed by atoms with Crippen LogP contribution in [0, 0.1) is 0 Å². The number of carbonyl (C=O) groups excluding carboxylic acids is 1. The summed E-state index contributed by atoms with van der Waals surface area (Å²) < 4.78 is 5.94. The van der Waals surface area contributed by atoms with Crippen molar-refractivity contribution in [1.82, 2.24) is 5.43 Å². The number of benzene rings is 3. The number of nitrogens with one attached hydrogen (secondary N) is 1. The van der Waals surface area contributed by atoms with E-state index in [1.807, 2.05) is 48.5 Å².